The number of likely N-dealkylation sites (tertiary alicyclic amines) is 1. The zero-order valence-corrected chi connectivity index (χ0v) is 9.75. The molecule has 1 aliphatic heterocycles. The van der Waals surface area contributed by atoms with Gasteiger partial charge >= 0.3 is 5.97 Å². The molecule has 5 nitrogen and oxygen atoms in total. The van der Waals surface area contributed by atoms with E-state index in [0.717, 1.165) is 11.3 Å². The van der Waals surface area contributed by atoms with E-state index in [4.69, 9.17) is 5.11 Å². The highest BCUT2D eigenvalue weighted by atomic mass is 16.4. The molecule has 2 atom stereocenters. The second kappa shape index (κ2) is 4.16. The lowest BCUT2D eigenvalue weighted by molar-refractivity contribution is -0.142. The topological polar surface area (TPSA) is 70.5 Å². The van der Waals surface area contributed by atoms with Crippen molar-refractivity contribution in [2.75, 3.05) is 7.05 Å². The van der Waals surface area contributed by atoms with Crippen LogP contribution in [0.3, 0.4) is 0 Å². The minimum Gasteiger partial charge on any atom is -0.481 e. The first kappa shape index (κ1) is 11.6. The van der Waals surface area contributed by atoms with Gasteiger partial charge in [-0.2, -0.15) is 0 Å². The van der Waals surface area contributed by atoms with Crippen LogP contribution >= 0.6 is 0 Å². The number of nitrogens with zero attached hydrogens (tertiary/aromatic N) is 2. The largest absolute Gasteiger partial charge is 0.481 e. The van der Waals surface area contributed by atoms with Crippen molar-refractivity contribution in [3.8, 4) is 0 Å². The molecule has 1 amide bonds. The van der Waals surface area contributed by atoms with Gasteiger partial charge in [0.1, 0.15) is 0 Å². The fraction of sp³-hybridized carbons (Fsp3) is 0.417. The molecule has 1 N–H and O–H groups in total. The van der Waals surface area contributed by atoms with Crippen LogP contribution in [0, 0.1) is 12.8 Å². The molecule has 0 saturated carbocycles. The maximum absolute atomic E-state index is 11.6. The number of hydrogen-bond acceptors (Lipinski definition) is 3. The van der Waals surface area contributed by atoms with E-state index in [2.05, 4.69) is 4.98 Å². The molecule has 1 saturated heterocycles. The summed E-state index contributed by atoms with van der Waals surface area (Å²) in [6.45, 7) is 1.86. The van der Waals surface area contributed by atoms with E-state index in [-0.39, 0.29) is 12.3 Å². The number of amides is 1. The summed E-state index contributed by atoms with van der Waals surface area (Å²) in [6.07, 6.45) is 1.70. The predicted molar refractivity (Wildman–Crippen MR) is 60.2 cm³/mol. The molecule has 0 aliphatic carbocycles. The number of carbonyl (C=O) groups is 2. The van der Waals surface area contributed by atoms with Crippen molar-refractivity contribution in [2.24, 2.45) is 5.92 Å². The molecule has 2 heterocycles. The molecule has 5 heteroatoms. The average Bonchev–Trinajstić information content (AvgIpc) is 2.57. The quantitative estimate of drug-likeness (QED) is 0.828. The number of rotatable bonds is 2. The van der Waals surface area contributed by atoms with E-state index in [0.29, 0.717) is 0 Å². The monoisotopic (exact) mass is 234 g/mol. The maximum Gasteiger partial charge on any atom is 0.309 e. The summed E-state index contributed by atoms with van der Waals surface area (Å²) in [7, 11) is 1.63. The van der Waals surface area contributed by atoms with Gasteiger partial charge in [-0.05, 0) is 18.6 Å². The van der Waals surface area contributed by atoms with Crippen LogP contribution in [-0.4, -0.2) is 33.9 Å². The summed E-state index contributed by atoms with van der Waals surface area (Å²) in [5.41, 5.74) is 1.64. The van der Waals surface area contributed by atoms with Crippen molar-refractivity contribution in [3.63, 3.8) is 0 Å². The van der Waals surface area contributed by atoms with E-state index in [1.165, 1.54) is 4.90 Å². The van der Waals surface area contributed by atoms with Crippen molar-refractivity contribution in [1.29, 1.82) is 0 Å². The Kier molecular flexibility index (Phi) is 2.83. The molecule has 0 aromatic carbocycles. The van der Waals surface area contributed by atoms with Gasteiger partial charge in [-0.25, -0.2) is 0 Å². The molecular formula is C12H14N2O3. The zero-order chi connectivity index (χ0) is 12.6. The molecule has 17 heavy (non-hydrogen) atoms. The lowest BCUT2D eigenvalue weighted by Gasteiger charge is -2.23. The maximum atomic E-state index is 11.6. The number of pyridine rings is 1. The van der Waals surface area contributed by atoms with Gasteiger partial charge in [-0.15, -0.1) is 0 Å². The van der Waals surface area contributed by atoms with Gasteiger partial charge in [0.05, 0.1) is 12.0 Å². The van der Waals surface area contributed by atoms with Crippen molar-refractivity contribution in [2.45, 2.75) is 19.4 Å². The second-order valence-electron chi connectivity index (χ2n) is 4.33. The Morgan fingerprint density at radius 3 is 2.76 bits per heavy atom. The van der Waals surface area contributed by atoms with Crippen molar-refractivity contribution < 1.29 is 14.7 Å². The van der Waals surface area contributed by atoms with Crippen molar-refractivity contribution in [1.82, 2.24) is 9.88 Å². The molecule has 2 unspecified atom stereocenters. The Morgan fingerprint density at radius 2 is 2.24 bits per heavy atom. The average molecular weight is 234 g/mol. The van der Waals surface area contributed by atoms with Crippen LogP contribution in [0.2, 0.25) is 0 Å². The highest BCUT2D eigenvalue weighted by molar-refractivity contribution is 5.87. The Balaban J connectivity index is 2.37. The van der Waals surface area contributed by atoms with Crippen LogP contribution in [0.1, 0.15) is 23.7 Å². The SMILES string of the molecule is Cc1ccc(C2C(C(=O)O)CC(=O)N2C)cn1. The highest BCUT2D eigenvalue weighted by Gasteiger charge is 2.42. The standard InChI is InChI=1S/C12H14N2O3/c1-7-3-4-8(6-13-7)11-9(12(16)17)5-10(15)14(11)2/h3-4,6,9,11H,5H2,1-2H3,(H,16,17). The van der Waals surface area contributed by atoms with Gasteiger partial charge in [-0.1, -0.05) is 6.07 Å². The molecule has 90 valence electrons. The van der Waals surface area contributed by atoms with Gasteiger partial charge in [0.2, 0.25) is 5.91 Å². The first-order chi connectivity index (χ1) is 8.00. The molecule has 1 aromatic rings. The fourth-order valence-electron chi connectivity index (χ4n) is 2.20. The third kappa shape index (κ3) is 2.00. The van der Waals surface area contributed by atoms with E-state index in [1.54, 1.807) is 13.2 Å². The number of carboxylic acids is 1. The normalized spacial score (nSPS) is 24.1. The first-order valence-corrected chi connectivity index (χ1v) is 5.41. The number of aliphatic carboxylic acids is 1. The number of carboxylic acid groups (broad SMARTS) is 1. The highest BCUT2D eigenvalue weighted by Crippen LogP contribution is 2.36. The van der Waals surface area contributed by atoms with Gasteiger partial charge < -0.3 is 10.0 Å². The molecule has 1 fully saturated rings. The Hall–Kier alpha value is -1.91. The Labute approximate surface area is 99.1 Å². The van der Waals surface area contributed by atoms with Gasteiger partial charge in [-0.3, -0.25) is 14.6 Å². The van der Waals surface area contributed by atoms with E-state index in [1.807, 2.05) is 19.1 Å². The molecule has 0 spiro atoms. The van der Waals surface area contributed by atoms with Crippen LogP contribution in [0.4, 0.5) is 0 Å². The lowest BCUT2D eigenvalue weighted by Crippen LogP contribution is -2.27. The molecular weight excluding hydrogens is 220 g/mol. The molecule has 1 aliphatic rings. The van der Waals surface area contributed by atoms with E-state index >= 15 is 0 Å². The van der Waals surface area contributed by atoms with Gasteiger partial charge in [0.15, 0.2) is 0 Å². The third-order valence-corrected chi connectivity index (χ3v) is 3.18. The summed E-state index contributed by atoms with van der Waals surface area (Å²) >= 11 is 0. The third-order valence-electron chi connectivity index (χ3n) is 3.18. The lowest BCUT2D eigenvalue weighted by atomic mass is 9.95. The van der Waals surface area contributed by atoms with Crippen LogP contribution in [-0.2, 0) is 9.59 Å². The summed E-state index contributed by atoms with van der Waals surface area (Å²) in [5, 5.41) is 9.14. The minimum absolute atomic E-state index is 0.0599. The second-order valence-corrected chi connectivity index (χ2v) is 4.33. The summed E-state index contributed by atoms with van der Waals surface area (Å²) in [6, 6.07) is 3.25. The van der Waals surface area contributed by atoms with Crippen LogP contribution < -0.4 is 0 Å². The summed E-state index contributed by atoms with van der Waals surface area (Å²) < 4.78 is 0. The number of carbonyl (C=O) groups excluding carboxylic acids is 1. The number of aryl methyl sites for hydroxylation is 1. The molecule has 1 aromatic heterocycles. The van der Waals surface area contributed by atoms with Gasteiger partial charge in [0, 0.05) is 25.4 Å². The number of hydrogen-bond donors (Lipinski definition) is 1. The van der Waals surface area contributed by atoms with E-state index < -0.39 is 17.9 Å². The molecule has 2 rings (SSSR count). The Bertz CT molecular complexity index is 455. The van der Waals surface area contributed by atoms with Crippen molar-refractivity contribution in [3.05, 3.63) is 29.6 Å². The summed E-state index contributed by atoms with van der Waals surface area (Å²) in [5.74, 6) is -1.76. The van der Waals surface area contributed by atoms with E-state index in [9.17, 15) is 9.59 Å². The minimum atomic E-state index is -0.937. The molecule has 0 radical (unpaired) electrons. The predicted octanol–water partition coefficient (Wildman–Crippen LogP) is 0.994. The Morgan fingerprint density at radius 1 is 1.53 bits per heavy atom. The first-order valence-electron chi connectivity index (χ1n) is 5.41. The van der Waals surface area contributed by atoms with Crippen LogP contribution in [0.15, 0.2) is 18.3 Å². The smallest absolute Gasteiger partial charge is 0.309 e. The van der Waals surface area contributed by atoms with Gasteiger partial charge in [0.25, 0.3) is 0 Å². The van der Waals surface area contributed by atoms with Crippen LogP contribution in [0.5, 0.6) is 0 Å². The van der Waals surface area contributed by atoms with Crippen LogP contribution in [0.25, 0.3) is 0 Å². The number of aromatic nitrogens is 1. The zero-order valence-electron chi connectivity index (χ0n) is 9.75. The van der Waals surface area contributed by atoms with Crippen molar-refractivity contribution >= 4 is 11.9 Å². The fourth-order valence-corrected chi connectivity index (χ4v) is 2.20. The molecule has 0 bridgehead atoms. The summed E-state index contributed by atoms with van der Waals surface area (Å²) in [4.78, 5) is 28.4.